The second-order valence-electron chi connectivity index (χ2n) is 3.73. The summed E-state index contributed by atoms with van der Waals surface area (Å²) in [5.74, 6) is -0.402. The molecule has 2 rings (SSSR count). The molecule has 0 fully saturated rings. The number of carbonyl (C=O) groups is 1. The van der Waals surface area contributed by atoms with Crippen molar-refractivity contribution in [3.63, 3.8) is 0 Å². The van der Waals surface area contributed by atoms with Crippen LogP contribution >= 0.6 is 0 Å². The minimum atomic E-state index is -1.56. The molecule has 1 aromatic rings. The predicted molar refractivity (Wildman–Crippen MR) is 54.9 cm³/mol. The lowest BCUT2D eigenvalue weighted by molar-refractivity contribution is -0.133. The summed E-state index contributed by atoms with van der Waals surface area (Å²) in [7, 11) is 1.58. The van der Waals surface area contributed by atoms with E-state index < -0.39 is 11.5 Å². The maximum absolute atomic E-state index is 11.7. The van der Waals surface area contributed by atoms with Gasteiger partial charge >= 0.3 is 0 Å². The average Bonchev–Trinajstić information content (AvgIpc) is 2.40. The molecule has 15 heavy (non-hydrogen) atoms. The summed E-state index contributed by atoms with van der Waals surface area (Å²) in [5.41, 5.74) is -0.327. The van der Waals surface area contributed by atoms with Gasteiger partial charge in [-0.3, -0.25) is 4.79 Å². The lowest BCUT2D eigenvalue weighted by Crippen LogP contribution is -2.35. The zero-order valence-corrected chi connectivity index (χ0v) is 8.39. The Morgan fingerprint density at radius 3 is 2.73 bits per heavy atom. The Bertz CT molecular complexity index is 454. The van der Waals surface area contributed by atoms with Crippen LogP contribution in [0.3, 0.4) is 0 Å². The van der Waals surface area contributed by atoms with Gasteiger partial charge in [-0.05, 0) is 30.3 Å². The molecule has 0 aromatic heterocycles. The van der Waals surface area contributed by atoms with Crippen LogP contribution in [0.2, 0.25) is 0 Å². The standard InChI is InChI=1S/C10H10N2O3/c1-10(14)7-5-6(11-15)3-4-8(7)12(2)9(10)13/h3-5,14H,1-2H3. The van der Waals surface area contributed by atoms with Gasteiger partial charge in [-0.1, -0.05) is 0 Å². The maximum Gasteiger partial charge on any atom is 0.263 e. The Morgan fingerprint density at radius 1 is 1.47 bits per heavy atom. The van der Waals surface area contributed by atoms with Gasteiger partial charge in [0.1, 0.15) is 5.69 Å². The molecule has 1 N–H and O–H groups in total. The second-order valence-corrected chi connectivity index (χ2v) is 3.73. The number of nitroso groups, excluding NO2 is 1. The van der Waals surface area contributed by atoms with Gasteiger partial charge in [-0.2, -0.15) is 0 Å². The van der Waals surface area contributed by atoms with Crippen molar-refractivity contribution in [2.24, 2.45) is 5.18 Å². The van der Waals surface area contributed by atoms with Crippen LogP contribution in [0.5, 0.6) is 0 Å². The third kappa shape index (κ3) is 1.16. The molecule has 1 aromatic carbocycles. The summed E-state index contributed by atoms with van der Waals surface area (Å²) < 4.78 is 0. The minimum absolute atomic E-state index is 0.206. The molecule has 78 valence electrons. The highest BCUT2D eigenvalue weighted by Gasteiger charge is 2.44. The second kappa shape index (κ2) is 2.87. The third-order valence-corrected chi connectivity index (χ3v) is 2.69. The van der Waals surface area contributed by atoms with E-state index in [1.165, 1.54) is 24.0 Å². The molecule has 1 atom stereocenters. The topological polar surface area (TPSA) is 70.0 Å². The molecule has 1 unspecified atom stereocenters. The molecule has 5 nitrogen and oxygen atoms in total. The number of hydrogen-bond donors (Lipinski definition) is 1. The van der Waals surface area contributed by atoms with E-state index >= 15 is 0 Å². The first-order chi connectivity index (χ1) is 6.98. The van der Waals surface area contributed by atoms with Crippen LogP contribution in [0, 0.1) is 4.91 Å². The van der Waals surface area contributed by atoms with Crippen molar-refractivity contribution in [3.05, 3.63) is 28.7 Å². The van der Waals surface area contributed by atoms with Crippen LogP contribution in [0.25, 0.3) is 0 Å². The largest absolute Gasteiger partial charge is 0.375 e. The molecule has 0 spiro atoms. The zero-order valence-electron chi connectivity index (χ0n) is 8.39. The number of carbonyl (C=O) groups excluding carboxylic acids is 1. The van der Waals surface area contributed by atoms with Gasteiger partial charge in [0, 0.05) is 12.6 Å². The normalized spacial score (nSPS) is 24.2. The molecule has 0 bridgehead atoms. The Hall–Kier alpha value is -1.75. The Kier molecular flexibility index (Phi) is 1.87. The number of fused-ring (bicyclic) bond motifs is 1. The number of rotatable bonds is 1. The first-order valence-electron chi connectivity index (χ1n) is 4.47. The van der Waals surface area contributed by atoms with Crippen LogP contribution in [0.15, 0.2) is 23.4 Å². The van der Waals surface area contributed by atoms with Gasteiger partial charge in [0.05, 0.1) is 5.69 Å². The van der Waals surface area contributed by atoms with Crippen LogP contribution in [0.4, 0.5) is 11.4 Å². The molecule has 0 saturated heterocycles. The van der Waals surface area contributed by atoms with Crippen molar-refractivity contribution < 1.29 is 9.90 Å². The van der Waals surface area contributed by atoms with Crippen molar-refractivity contribution in [1.82, 2.24) is 0 Å². The molecule has 5 heteroatoms. The molecule has 1 aliphatic rings. The number of amides is 1. The van der Waals surface area contributed by atoms with Gasteiger partial charge in [0.25, 0.3) is 5.91 Å². The van der Waals surface area contributed by atoms with Gasteiger partial charge in [0.2, 0.25) is 0 Å². The van der Waals surface area contributed by atoms with Gasteiger partial charge in [-0.15, -0.1) is 4.91 Å². The summed E-state index contributed by atoms with van der Waals surface area (Å²) in [5, 5.41) is 12.7. The monoisotopic (exact) mass is 206 g/mol. The fourth-order valence-corrected chi connectivity index (χ4v) is 1.81. The summed E-state index contributed by atoms with van der Waals surface area (Å²) in [4.78, 5) is 23.4. The summed E-state index contributed by atoms with van der Waals surface area (Å²) in [6.07, 6.45) is 0. The number of likely N-dealkylation sites (N-methyl/N-ethyl adjacent to an activating group) is 1. The Balaban J connectivity index is 2.67. The van der Waals surface area contributed by atoms with Gasteiger partial charge in [-0.25, -0.2) is 0 Å². The fourth-order valence-electron chi connectivity index (χ4n) is 1.81. The molecule has 0 saturated carbocycles. The Morgan fingerprint density at radius 2 is 2.13 bits per heavy atom. The van der Waals surface area contributed by atoms with Crippen LogP contribution in [-0.2, 0) is 10.4 Å². The van der Waals surface area contributed by atoms with Crippen molar-refractivity contribution in [2.75, 3.05) is 11.9 Å². The first kappa shape index (κ1) is 9.79. The fraction of sp³-hybridized carbons (Fsp3) is 0.300. The van der Waals surface area contributed by atoms with Crippen LogP contribution in [0.1, 0.15) is 12.5 Å². The van der Waals surface area contributed by atoms with E-state index in [1.54, 1.807) is 13.1 Å². The number of nitrogens with zero attached hydrogens (tertiary/aromatic N) is 2. The molecule has 1 amide bonds. The molecule has 0 radical (unpaired) electrons. The lowest BCUT2D eigenvalue weighted by atomic mass is 9.97. The average molecular weight is 206 g/mol. The van der Waals surface area contributed by atoms with Crippen LogP contribution in [-0.4, -0.2) is 18.1 Å². The number of hydrogen-bond acceptors (Lipinski definition) is 4. The van der Waals surface area contributed by atoms with Gasteiger partial charge < -0.3 is 10.0 Å². The minimum Gasteiger partial charge on any atom is -0.375 e. The zero-order chi connectivity index (χ0) is 11.2. The van der Waals surface area contributed by atoms with E-state index in [0.29, 0.717) is 11.3 Å². The summed E-state index contributed by atoms with van der Waals surface area (Å²) >= 11 is 0. The van der Waals surface area contributed by atoms with Crippen molar-refractivity contribution in [3.8, 4) is 0 Å². The van der Waals surface area contributed by atoms with Crippen molar-refractivity contribution in [2.45, 2.75) is 12.5 Å². The van der Waals surface area contributed by atoms with Crippen LogP contribution < -0.4 is 4.90 Å². The van der Waals surface area contributed by atoms with Crippen molar-refractivity contribution in [1.29, 1.82) is 0 Å². The smallest absolute Gasteiger partial charge is 0.263 e. The van der Waals surface area contributed by atoms with Gasteiger partial charge in [0.15, 0.2) is 5.60 Å². The number of benzene rings is 1. The lowest BCUT2D eigenvalue weighted by Gasteiger charge is -2.15. The van der Waals surface area contributed by atoms with E-state index in [-0.39, 0.29) is 5.69 Å². The van der Waals surface area contributed by atoms with E-state index in [1.807, 2.05) is 0 Å². The van der Waals surface area contributed by atoms with E-state index in [0.717, 1.165) is 0 Å². The maximum atomic E-state index is 11.7. The molecular weight excluding hydrogens is 196 g/mol. The molecule has 0 aliphatic carbocycles. The van der Waals surface area contributed by atoms with E-state index in [2.05, 4.69) is 5.18 Å². The third-order valence-electron chi connectivity index (χ3n) is 2.69. The molecule has 1 aliphatic heterocycles. The summed E-state index contributed by atoms with van der Waals surface area (Å²) in [6, 6.07) is 4.55. The number of aliphatic hydroxyl groups is 1. The van der Waals surface area contributed by atoms with E-state index in [4.69, 9.17) is 0 Å². The predicted octanol–water partition coefficient (Wildman–Crippen LogP) is 1.27. The quantitative estimate of drug-likeness (QED) is 0.703. The first-order valence-corrected chi connectivity index (χ1v) is 4.47. The SMILES string of the molecule is CN1C(=O)C(C)(O)c2cc(N=O)ccc21. The molecular formula is C10H10N2O3. The highest BCUT2D eigenvalue weighted by Crippen LogP contribution is 2.40. The summed E-state index contributed by atoms with van der Waals surface area (Å²) in [6.45, 7) is 1.41. The molecule has 1 heterocycles. The van der Waals surface area contributed by atoms with E-state index in [9.17, 15) is 14.8 Å². The Labute approximate surface area is 86.3 Å². The highest BCUT2D eigenvalue weighted by molar-refractivity contribution is 6.06. The number of anilines is 1. The highest BCUT2D eigenvalue weighted by atomic mass is 16.3. The van der Waals surface area contributed by atoms with Crippen molar-refractivity contribution >= 4 is 17.3 Å².